The van der Waals surface area contributed by atoms with E-state index < -0.39 is 0 Å². The minimum atomic E-state index is -0.284. The number of aryl methyl sites for hydroxylation is 1. The van der Waals surface area contributed by atoms with Gasteiger partial charge in [-0.25, -0.2) is 4.98 Å². The first-order valence-electron chi connectivity index (χ1n) is 5.76. The molecule has 2 N–H and O–H groups in total. The zero-order valence-corrected chi connectivity index (χ0v) is 11.5. The molecule has 0 amide bonds. The number of aromatic nitrogens is 1. The quantitative estimate of drug-likeness (QED) is 0.833. The first-order valence-corrected chi connectivity index (χ1v) is 6.57. The van der Waals surface area contributed by atoms with E-state index in [4.69, 9.17) is 10.5 Å². The summed E-state index contributed by atoms with van der Waals surface area (Å²) in [5.41, 5.74) is 7.06. The maximum atomic E-state index is 6.17. The molecule has 0 atom stereocenters. The zero-order chi connectivity index (χ0) is 12.2. The van der Waals surface area contributed by atoms with E-state index in [9.17, 15) is 0 Å². The van der Waals surface area contributed by atoms with Gasteiger partial charge in [-0.05, 0) is 20.3 Å². The van der Waals surface area contributed by atoms with Gasteiger partial charge in [0.25, 0.3) is 0 Å². The highest BCUT2D eigenvalue weighted by Gasteiger charge is 2.22. The lowest BCUT2D eigenvalue weighted by atomic mass is 10.0. The van der Waals surface area contributed by atoms with Crippen molar-refractivity contribution in [2.24, 2.45) is 5.73 Å². The van der Waals surface area contributed by atoms with Crippen LogP contribution in [0.3, 0.4) is 0 Å². The molecule has 0 aliphatic heterocycles. The van der Waals surface area contributed by atoms with Crippen molar-refractivity contribution in [3.8, 4) is 0 Å². The average molecular weight is 242 g/mol. The normalized spacial score (nSPS) is 12.1. The highest BCUT2D eigenvalue weighted by molar-refractivity contribution is 7.11. The molecule has 0 fully saturated rings. The molecule has 3 nitrogen and oxygen atoms in total. The first-order chi connectivity index (χ1) is 7.49. The van der Waals surface area contributed by atoms with Crippen LogP contribution in [0.4, 0.5) is 0 Å². The van der Waals surface area contributed by atoms with Crippen LogP contribution in [-0.4, -0.2) is 18.7 Å². The number of ether oxygens (including phenoxy) is 1. The molecule has 4 heteroatoms. The Hall–Kier alpha value is -0.450. The predicted octanol–water partition coefficient (Wildman–Crippen LogP) is 2.48. The molecule has 0 bridgehead atoms. The summed E-state index contributed by atoms with van der Waals surface area (Å²) in [4.78, 5) is 5.89. The molecule has 0 aliphatic rings. The summed E-state index contributed by atoms with van der Waals surface area (Å²) in [6, 6.07) is 0. The molecule has 0 aromatic carbocycles. The molecule has 1 aromatic rings. The van der Waals surface area contributed by atoms with Gasteiger partial charge in [-0.15, -0.1) is 11.3 Å². The first kappa shape index (κ1) is 13.6. The van der Waals surface area contributed by atoms with Gasteiger partial charge in [-0.1, -0.05) is 13.3 Å². The standard InChI is InChI=1S/C12H22N2OS/c1-5-6-9-11(12(2,3)13)16-10(14-9)7-8-15-4/h5-8,13H2,1-4H3. The van der Waals surface area contributed by atoms with E-state index in [1.165, 1.54) is 10.6 Å². The van der Waals surface area contributed by atoms with E-state index in [1.807, 2.05) is 13.8 Å². The summed E-state index contributed by atoms with van der Waals surface area (Å²) < 4.78 is 5.08. The fourth-order valence-electron chi connectivity index (χ4n) is 1.61. The van der Waals surface area contributed by atoms with Crippen LogP contribution in [-0.2, 0) is 23.1 Å². The fourth-order valence-corrected chi connectivity index (χ4v) is 2.71. The van der Waals surface area contributed by atoms with Gasteiger partial charge in [0.15, 0.2) is 0 Å². The Morgan fingerprint density at radius 1 is 1.38 bits per heavy atom. The third-order valence-corrected chi connectivity index (χ3v) is 3.83. The second kappa shape index (κ2) is 5.75. The number of rotatable bonds is 6. The summed E-state index contributed by atoms with van der Waals surface area (Å²) in [6.45, 7) is 6.98. The van der Waals surface area contributed by atoms with Crippen LogP contribution >= 0.6 is 11.3 Å². The molecule has 0 unspecified atom stereocenters. The van der Waals surface area contributed by atoms with Crippen molar-refractivity contribution in [3.63, 3.8) is 0 Å². The van der Waals surface area contributed by atoms with Crippen LogP contribution in [0.15, 0.2) is 0 Å². The van der Waals surface area contributed by atoms with Gasteiger partial charge in [0.2, 0.25) is 0 Å². The van der Waals surface area contributed by atoms with Crippen LogP contribution in [0.2, 0.25) is 0 Å². The Kier molecular flexibility index (Phi) is 4.89. The topological polar surface area (TPSA) is 48.1 Å². The highest BCUT2D eigenvalue weighted by atomic mass is 32.1. The Bertz CT molecular complexity index is 328. The summed E-state index contributed by atoms with van der Waals surface area (Å²) in [6.07, 6.45) is 3.00. The number of hydrogen-bond donors (Lipinski definition) is 1. The van der Waals surface area contributed by atoms with Gasteiger partial charge in [-0.3, -0.25) is 0 Å². The van der Waals surface area contributed by atoms with Crippen molar-refractivity contribution in [2.45, 2.75) is 45.6 Å². The fraction of sp³-hybridized carbons (Fsp3) is 0.750. The van der Waals surface area contributed by atoms with Crippen molar-refractivity contribution in [2.75, 3.05) is 13.7 Å². The largest absolute Gasteiger partial charge is 0.384 e. The molecule has 0 radical (unpaired) electrons. The third-order valence-electron chi connectivity index (χ3n) is 2.33. The van der Waals surface area contributed by atoms with E-state index in [-0.39, 0.29) is 5.54 Å². The van der Waals surface area contributed by atoms with Crippen LogP contribution in [0.25, 0.3) is 0 Å². The van der Waals surface area contributed by atoms with E-state index in [1.54, 1.807) is 18.4 Å². The van der Waals surface area contributed by atoms with E-state index in [2.05, 4.69) is 11.9 Å². The Morgan fingerprint density at radius 2 is 2.06 bits per heavy atom. The minimum absolute atomic E-state index is 0.284. The van der Waals surface area contributed by atoms with Crippen molar-refractivity contribution in [1.82, 2.24) is 4.98 Å². The number of nitrogens with zero attached hydrogens (tertiary/aromatic N) is 1. The molecular formula is C12H22N2OS. The van der Waals surface area contributed by atoms with Gasteiger partial charge in [-0.2, -0.15) is 0 Å². The van der Waals surface area contributed by atoms with Crippen molar-refractivity contribution < 1.29 is 4.74 Å². The lowest BCUT2D eigenvalue weighted by Crippen LogP contribution is -2.28. The maximum Gasteiger partial charge on any atom is 0.0954 e. The lowest BCUT2D eigenvalue weighted by Gasteiger charge is -2.17. The summed E-state index contributed by atoms with van der Waals surface area (Å²) in [5, 5.41) is 1.14. The van der Waals surface area contributed by atoms with E-state index in [0.29, 0.717) is 0 Å². The number of nitrogens with two attached hydrogens (primary N) is 1. The molecule has 0 aliphatic carbocycles. The van der Waals surface area contributed by atoms with Crippen LogP contribution in [0.5, 0.6) is 0 Å². The third kappa shape index (κ3) is 3.54. The second-order valence-corrected chi connectivity index (χ2v) is 5.68. The minimum Gasteiger partial charge on any atom is -0.384 e. The molecule has 0 spiro atoms. The van der Waals surface area contributed by atoms with Crippen molar-refractivity contribution in [1.29, 1.82) is 0 Å². The average Bonchev–Trinajstić information content (AvgIpc) is 2.58. The smallest absolute Gasteiger partial charge is 0.0954 e. The highest BCUT2D eigenvalue weighted by Crippen LogP contribution is 2.29. The molecule has 1 aromatic heterocycles. The van der Waals surface area contributed by atoms with Gasteiger partial charge < -0.3 is 10.5 Å². The number of methoxy groups -OCH3 is 1. The Balaban J connectivity index is 2.91. The molecule has 0 saturated heterocycles. The SMILES string of the molecule is CCCc1nc(CCOC)sc1C(C)(C)N. The molecule has 1 rings (SSSR count). The van der Waals surface area contributed by atoms with E-state index in [0.717, 1.165) is 30.9 Å². The number of hydrogen-bond acceptors (Lipinski definition) is 4. The molecular weight excluding hydrogens is 220 g/mol. The van der Waals surface area contributed by atoms with Gasteiger partial charge in [0.05, 0.1) is 17.3 Å². The molecule has 1 heterocycles. The van der Waals surface area contributed by atoms with Gasteiger partial charge in [0, 0.05) is 23.9 Å². The predicted molar refractivity (Wildman–Crippen MR) is 68.9 cm³/mol. The summed E-state index contributed by atoms with van der Waals surface area (Å²) in [7, 11) is 1.72. The Labute approximate surface area is 102 Å². The number of thiazole rings is 1. The summed E-state index contributed by atoms with van der Waals surface area (Å²) >= 11 is 1.73. The van der Waals surface area contributed by atoms with Crippen LogP contribution < -0.4 is 5.73 Å². The summed E-state index contributed by atoms with van der Waals surface area (Å²) in [5.74, 6) is 0. The van der Waals surface area contributed by atoms with Crippen LogP contribution in [0, 0.1) is 0 Å². The van der Waals surface area contributed by atoms with Gasteiger partial charge >= 0.3 is 0 Å². The monoisotopic (exact) mass is 242 g/mol. The molecule has 0 saturated carbocycles. The van der Waals surface area contributed by atoms with Crippen molar-refractivity contribution >= 4 is 11.3 Å². The maximum absolute atomic E-state index is 6.17. The van der Waals surface area contributed by atoms with Crippen molar-refractivity contribution in [3.05, 3.63) is 15.6 Å². The van der Waals surface area contributed by atoms with E-state index >= 15 is 0 Å². The second-order valence-electron chi connectivity index (χ2n) is 4.60. The lowest BCUT2D eigenvalue weighted by molar-refractivity contribution is 0.202. The van der Waals surface area contributed by atoms with Gasteiger partial charge in [0.1, 0.15) is 0 Å². The zero-order valence-electron chi connectivity index (χ0n) is 10.7. The molecule has 92 valence electrons. The van der Waals surface area contributed by atoms with Crippen LogP contribution in [0.1, 0.15) is 42.8 Å². The molecule has 16 heavy (non-hydrogen) atoms. The Morgan fingerprint density at radius 3 is 2.56 bits per heavy atom.